The molecule has 2 rings (SSSR count). The summed E-state index contributed by atoms with van der Waals surface area (Å²) in [5.74, 6) is 0. The van der Waals surface area contributed by atoms with Gasteiger partial charge in [-0.1, -0.05) is 60.7 Å². The molecule has 0 unspecified atom stereocenters. The standard InChI is InChI=1S/C17H17NO3/c19-12-11-16(15-9-5-2-6-10-15)18(17(20)21)13-14-7-3-1-4-8-14/h1-10,12,16H,11,13H2,(H,20,21)/t16-/m0/s1. The van der Waals surface area contributed by atoms with Crippen LogP contribution in [0.4, 0.5) is 4.79 Å². The molecule has 4 nitrogen and oxygen atoms in total. The van der Waals surface area contributed by atoms with E-state index in [1.54, 1.807) is 0 Å². The summed E-state index contributed by atoms with van der Waals surface area (Å²) in [4.78, 5) is 23.9. The van der Waals surface area contributed by atoms with Crippen LogP contribution in [0.25, 0.3) is 0 Å². The van der Waals surface area contributed by atoms with Gasteiger partial charge in [0.1, 0.15) is 6.29 Å². The van der Waals surface area contributed by atoms with Gasteiger partial charge in [-0.2, -0.15) is 0 Å². The van der Waals surface area contributed by atoms with Crippen molar-refractivity contribution < 1.29 is 14.7 Å². The zero-order valence-corrected chi connectivity index (χ0v) is 11.6. The highest BCUT2D eigenvalue weighted by Gasteiger charge is 2.24. The fraction of sp³-hybridized carbons (Fsp3) is 0.176. The molecule has 108 valence electrons. The first kappa shape index (κ1) is 14.8. The lowest BCUT2D eigenvalue weighted by molar-refractivity contribution is -0.108. The summed E-state index contributed by atoms with van der Waals surface area (Å²) < 4.78 is 0. The van der Waals surface area contributed by atoms with Crippen LogP contribution < -0.4 is 0 Å². The number of rotatable bonds is 6. The number of carbonyl (C=O) groups excluding carboxylic acids is 1. The van der Waals surface area contributed by atoms with Gasteiger partial charge in [-0.3, -0.25) is 4.90 Å². The van der Waals surface area contributed by atoms with Crippen LogP contribution in [0.5, 0.6) is 0 Å². The van der Waals surface area contributed by atoms with Crippen LogP contribution in [0.2, 0.25) is 0 Å². The smallest absolute Gasteiger partial charge is 0.408 e. The number of benzene rings is 2. The Bertz CT molecular complexity index is 583. The van der Waals surface area contributed by atoms with Gasteiger partial charge in [0.15, 0.2) is 0 Å². The third kappa shape index (κ3) is 3.92. The lowest BCUT2D eigenvalue weighted by Gasteiger charge is -2.28. The number of hydrogen-bond acceptors (Lipinski definition) is 2. The molecule has 0 aromatic heterocycles. The molecule has 1 atom stereocenters. The Hall–Kier alpha value is -2.62. The minimum absolute atomic E-state index is 0.142. The molecule has 1 N–H and O–H groups in total. The Labute approximate surface area is 123 Å². The van der Waals surface area contributed by atoms with Gasteiger partial charge in [0.2, 0.25) is 0 Å². The highest BCUT2D eigenvalue weighted by atomic mass is 16.4. The minimum atomic E-state index is -1.03. The Balaban J connectivity index is 2.29. The van der Waals surface area contributed by atoms with E-state index in [0.717, 1.165) is 17.4 Å². The molecular formula is C17H17NO3. The summed E-state index contributed by atoms with van der Waals surface area (Å²) in [6, 6.07) is 18.1. The predicted molar refractivity (Wildman–Crippen MR) is 79.9 cm³/mol. The molecule has 4 heteroatoms. The maximum Gasteiger partial charge on any atom is 0.408 e. The Morgan fingerprint density at radius 2 is 1.62 bits per heavy atom. The number of carboxylic acid groups (broad SMARTS) is 1. The van der Waals surface area contributed by atoms with E-state index in [-0.39, 0.29) is 13.0 Å². The van der Waals surface area contributed by atoms with E-state index >= 15 is 0 Å². The Morgan fingerprint density at radius 3 is 2.14 bits per heavy atom. The van der Waals surface area contributed by atoms with Crippen molar-refractivity contribution in [1.29, 1.82) is 0 Å². The molecule has 0 saturated carbocycles. The fourth-order valence-electron chi connectivity index (χ4n) is 2.30. The van der Waals surface area contributed by atoms with Gasteiger partial charge < -0.3 is 9.90 Å². The zero-order valence-electron chi connectivity index (χ0n) is 11.6. The van der Waals surface area contributed by atoms with Gasteiger partial charge in [0.05, 0.1) is 6.04 Å². The molecular weight excluding hydrogens is 266 g/mol. The second kappa shape index (κ2) is 7.24. The van der Waals surface area contributed by atoms with E-state index in [9.17, 15) is 14.7 Å². The van der Waals surface area contributed by atoms with Crippen molar-refractivity contribution in [3.63, 3.8) is 0 Å². The van der Waals surface area contributed by atoms with Gasteiger partial charge in [-0.15, -0.1) is 0 Å². The molecule has 2 aromatic rings. The van der Waals surface area contributed by atoms with Crippen LogP contribution >= 0.6 is 0 Å². The molecule has 0 saturated heterocycles. The number of carbonyl (C=O) groups is 2. The molecule has 0 heterocycles. The molecule has 0 fully saturated rings. The lowest BCUT2D eigenvalue weighted by atomic mass is 10.0. The van der Waals surface area contributed by atoms with Crippen LogP contribution in [-0.4, -0.2) is 22.4 Å². The highest BCUT2D eigenvalue weighted by Crippen LogP contribution is 2.25. The molecule has 21 heavy (non-hydrogen) atoms. The van der Waals surface area contributed by atoms with E-state index < -0.39 is 12.1 Å². The van der Waals surface area contributed by atoms with E-state index in [4.69, 9.17) is 0 Å². The van der Waals surface area contributed by atoms with Gasteiger partial charge in [-0.05, 0) is 11.1 Å². The first-order chi connectivity index (χ1) is 10.2. The van der Waals surface area contributed by atoms with Gasteiger partial charge in [0, 0.05) is 13.0 Å². The maximum absolute atomic E-state index is 11.6. The van der Waals surface area contributed by atoms with Crippen molar-refractivity contribution in [2.75, 3.05) is 0 Å². The fourth-order valence-corrected chi connectivity index (χ4v) is 2.30. The number of hydrogen-bond donors (Lipinski definition) is 1. The van der Waals surface area contributed by atoms with Crippen molar-refractivity contribution in [2.45, 2.75) is 19.0 Å². The Kier molecular flexibility index (Phi) is 5.10. The zero-order chi connectivity index (χ0) is 15.1. The monoisotopic (exact) mass is 283 g/mol. The summed E-state index contributed by atoms with van der Waals surface area (Å²) in [5.41, 5.74) is 1.72. The van der Waals surface area contributed by atoms with Gasteiger partial charge in [-0.25, -0.2) is 4.79 Å². The first-order valence-corrected chi connectivity index (χ1v) is 6.74. The SMILES string of the molecule is O=CC[C@@H](c1ccccc1)N(Cc1ccccc1)C(=O)O. The third-order valence-corrected chi connectivity index (χ3v) is 3.32. The lowest BCUT2D eigenvalue weighted by Crippen LogP contribution is -2.33. The molecule has 0 aliphatic heterocycles. The quantitative estimate of drug-likeness (QED) is 0.825. The van der Waals surface area contributed by atoms with Crippen molar-refractivity contribution in [3.8, 4) is 0 Å². The number of amides is 1. The average molecular weight is 283 g/mol. The van der Waals surface area contributed by atoms with E-state index in [1.807, 2.05) is 60.7 Å². The molecule has 2 aromatic carbocycles. The molecule has 0 bridgehead atoms. The maximum atomic E-state index is 11.6. The van der Waals surface area contributed by atoms with Crippen molar-refractivity contribution in [1.82, 2.24) is 4.90 Å². The normalized spacial score (nSPS) is 11.6. The molecule has 1 amide bonds. The summed E-state index contributed by atoms with van der Waals surface area (Å²) >= 11 is 0. The topological polar surface area (TPSA) is 57.6 Å². The minimum Gasteiger partial charge on any atom is -0.465 e. The largest absolute Gasteiger partial charge is 0.465 e. The first-order valence-electron chi connectivity index (χ1n) is 6.74. The van der Waals surface area contributed by atoms with Crippen molar-refractivity contribution >= 4 is 12.4 Å². The van der Waals surface area contributed by atoms with Crippen LogP contribution in [0.15, 0.2) is 60.7 Å². The summed E-state index contributed by atoms with van der Waals surface area (Å²) in [5, 5.41) is 9.50. The number of nitrogens with zero attached hydrogens (tertiary/aromatic N) is 1. The molecule has 0 aliphatic carbocycles. The summed E-state index contributed by atoms with van der Waals surface area (Å²) in [6.45, 7) is 0.254. The average Bonchev–Trinajstić information content (AvgIpc) is 2.52. The van der Waals surface area contributed by atoms with E-state index in [1.165, 1.54) is 4.90 Å². The molecule has 0 radical (unpaired) electrons. The van der Waals surface area contributed by atoms with E-state index in [0.29, 0.717) is 0 Å². The van der Waals surface area contributed by atoms with Crippen LogP contribution in [-0.2, 0) is 11.3 Å². The molecule has 0 aliphatic rings. The second-order valence-corrected chi connectivity index (χ2v) is 4.72. The van der Waals surface area contributed by atoms with Gasteiger partial charge >= 0.3 is 6.09 Å². The van der Waals surface area contributed by atoms with Crippen LogP contribution in [0.1, 0.15) is 23.6 Å². The summed E-state index contributed by atoms with van der Waals surface area (Å²) in [6.07, 6.45) is -0.128. The van der Waals surface area contributed by atoms with Crippen LogP contribution in [0, 0.1) is 0 Å². The molecule has 0 spiro atoms. The second-order valence-electron chi connectivity index (χ2n) is 4.72. The van der Waals surface area contributed by atoms with Crippen LogP contribution in [0.3, 0.4) is 0 Å². The summed E-state index contributed by atoms with van der Waals surface area (Å²) in [7, 11) is 0. The van der Waals surface area contributed by atoms with Gasteiger partial charge in [0.25, 0.3) is 0 Å². The van der Waals surface area contributed by atoms with E-state index in [2.05, 4.69) is 0 Å². The number of aldehydes is 1. The van der Waals surface area contributed by atoms with Crippen molar-refractivity contribution in [2.24, 2.45) is 0 Å². The highest BCUT2D eigenvalue weighted by molar-refractivity contribution is 5.67. The predicted octanol–water partition coefficient (Wildman–Crippen LogP) is 3.50. The third-order valence-electron chi connectivity index (χ3n) is 3.32. The Morgan fingerprint density at radius 1 is 1.05 bits per heavy atom. The van der Waals surface area contributed by atoms with Crippen molar-refractivity contribution in [3.05, 3.63) is 71.8 Å².